The van der Waals surface area contributed by atoms with Gasteiger partial charge in [0, 0.05) is 17.9 Å². The zero-order valence-corrected chi connectivity index (χ0v) is 33.7. The monoisotopic (exact) mass is 758 g/mol. The summed E-state index contributed by atoms with van der Waals surface area (Å²) in [4.78, 5) is 40.1. The molecule has 0 unspecified atom stereocenters. The Morgan fingerprint density at radius 1 is 0.438 bits per heavy atom. The van der Waals surface area contributed by atoms with E-state index in [4.69, 9.17) is 0 Å². The first-order valence-electron chi connectivity index (χ1n) is 19.2. The topological polar surface area (TPSA) is 147 Å². The summed E-state index contributed by atoms with van der Waals surface area (Å²) in [6, 6.07) is 0. The van der Waals surface area contributed by atoms with E-state index < -0.39 is 17.9 Å². The van der Waals surface area contributed by atoms with E-state index in [-0.39, 0.29) is 25.2 Å². The van der Waals surface area contributed by atoms with Gasteiger partial charge in [-0.3, -0.25) is 0 Å². The first-order valence-corrected chi connectivity index (χ1v) is 20.2. The number of carboxylic acid groups (broad SMARTS) is 3. The van der Waals surface area contributed by atoms with Crippen molar-refractivity contribution in [1.29, 1.82) is 0 Å². The van der Waals surface area contributed by atoms with Crippen LogP contribution in [0, 0.1) is 0 Å². The average molecular weight is 760 g/mol. The molecular weight excluding hydrogens is 688 g/mol. The van der Waals surface area contributed by atoms with E-state index >= 15 is 0 Å². The summed E-state index contributed by atoms with van der Waals surface area (Å²) in [5.74, 6) is -3.08. The van der Waals surface area contributed by atoms with Gasteiger partial charge in [0.15, 0.2) is 0 Å². The van der Waals surface area contributed by atoms with Crippen molar-refractivity contribution in [2.75, 3.05) is 0 Å². The summed E-state index contributed by atoms with van der Waals surface area (Å²) in [6.07, 6.45) is 34.6. The number of carbonyl (C=O) groups is 4. The maximum Gasteiger partial charge on any atom is 0.0414 e. The largest absolute Gasteiger partial charge is 0.550 e. The second-order valence-electron chi connectivity index (χ2n) is 12.5. The third-order valence-corrected chi connectivity index (χ3v) is 8.22. The fourth-order valence-electron chi connectivity index (χ4n) is 4.78. The Morgan fingerprint density at radius 3 is 0.750 bits per heavy atom. The van der Waals surface area contributed by atoms with Gasteiger partial charge in [-0.15, -0.1) is 0 Å². The maximum atomic E-state index is 10.1. The Bertz CT molecular complexity index is 623. The van der Waals surface area contributed by atoms with Crippen molar-refractivity contribution in [2.45, 2.75) is 213 Å². The minimum absolute atomic E-state index is 0.232. The maximum absolute atomic E-state index is 10.1. The molecule has 0 N–H and O–H groups in total. The molecule has 0 bridgehead atoms. The van der Waals surface area contributed by atoms with Gasteiger partial charge < -0.3 is 29.7 Å². The number of carboxylic acids is 3. The van der Waals surface area contributed by atoms with Gasteiger partial charge in [0.1, 0.15) is 0 Å². The van der Waals surface area contributed by atoms with E-state index in [0.29, 0.717) is 0 Å². The second-order valence-corrected chi connectivity index (χ2v) is 13.0. The number of aliphatic carboxylic acids is 3. The van der Waals surface area contributed by atoms with Crippen LogP contribution in [0.4, 0.5) is 0 Å². The molecule has 48 heavy (non-hydrogen) atoms. The molecule has 0 aliphatic rings. The molecule has 9 heteroatoms. The zero-order chi connectivity index (χ0) is 36.9. The van der Waals surface area contributed by atoms with E-state index in [9.17, 15) is 34.5 Å². The Labute approximate surface area is 311 Å². The molecule has 0 rings (SSSR count). The van der Waals surface area contributed by atoms with Crippen LogP contribution in [0.15, 0.2) is 12.7 Å². The molecule has 0 aromatic heterocycles. The van der Waals surface area contributed by atoms with Crippen LogP contribution in [0.25, 0.3) is 0 Å². The van der Waals surface area contributed by atoms with E-state index in [1.807, 2.05) is 0 Å². The molecule has 0 aliphatic carbocycles. The van der Waals surface area contributed by atoms with E-state index in [1.54, 1.807) is 0 Å². The third-order valence-electron chi connectivity index (χ3n) is 7.72. The quantitative estimate of drug-likeness (QED) is 0.0508. The van der Waals surface area contributed by atoms with Gasteiger partial charge in [0.25, 0.3) is 0 Å². The smallest absolute Gasteiger partial charge is 0.0414 e. The summed E-state index contributed by atoms with van der Waals surface area (Å²) in [5, 5.41) is 30.3. The molecule has 0 saturated heterocycles. The van der Waals surface area contributed by atoms with E-state index in [1.165, 1.54) is 135 Å². The molecular formula is C39H72O8Zr. The predicted octanol–water partition coefficient (Wildman–Crippen LogP) is 8.15. The zero-order valence-electron chi connectivity index (χ0n) is 31.3. The van der Waals surface area contributed by atoms with Crippen LogP contribution >= 0.6 is 0 Å². The van der Waals surface area contributed by atoms with Gasteiger partial charge in [-0.05, 0) is 38.5 Å². The van der Waals surface area contributed by atoms with Crippen molar-refractivity contribution >= 4 is 23.9 Å². The van der Waals surface area contributed by atoms with Crippen LogP contribution in [0.3, 0.4) is 0 Å². The van der Waals surface area contributed by atoms with Crippen LogP contribution in [0.2, 0.25) is 0 Å². The van der Waals surface area contributed by atoms with E-state index in [2.05, 4.69) is 30.2 Å². The summed E-state index contributed by atoms with van der Waals surface area (Å²) < 4.78 is 4.23. The van der Waals surface area contributed by atoms with Crippen molar-refractivity contribution < 1.29 is 62.5 Å². The van der Waals surface area contributed by atoms with Gasteiger partial charge in [0.2, 0.25) is 0 Å². The molecule has 0 radical (unpaired) electrons. The van der Waals surface area contributed by atoms with E-state index in [0.717, 1.165) is 69.8 Å². The predicted molar refractivity (Wildman–Crippen MR) is 187 cm³/mol. The number of hydrogen-bond donors (Lipinski definition) is 0. The van der Waals surface area contributed by atoms with Gasteiger partial charge in [-0.1, -0.05) is 175 Å². The number of carbonyl (C=O) groups excluding carboxylic acids is 4. The minimum Gasteiger partial charge on any atom is -0.550 e. The van der Waals surface area contributed by atoms with Gasteiger partial charge in [-0.25, -0.2) is 0 Å². The van der Waals surface area contributed by atoms with Gasteiger partial charge >= 0.3 is 51.4 Å². The van der Waals surface area contributed by atoms with Crippen molar-refractivity contribution in [2.24, 2.45) is 0 Å². The minimum atomic E-state index is -0.909. The summed E-state index contributed by atoms with van der Waals surface area (Å²) >= 11 is 0.760. The first kappa shape index (κ1) is 53.3. The Hall–Kier alpha value is -1.50. The molecule has 0 spiro atoms. The molecule has 0 aromatic rings. The first-order chi connectivity index (χ1) is 23.1. The number of unbranched alkanes of at least 4 members (excludes halogenated alkanes) is 24. The normalized spacial score (nSPS) is 9.94. The number of rotatable bonds is 31. The van der Waals surface area contributed by atoms with Crippen molar-refractivity contribution in [3.8, 4) is 0 Å². The Kier molecular flexibility index (Phi) is 55.4. The SMILES string of the molecule is C=CC(=O)[O][Zr+3].CCCCCCCCCCCC(=O)[O-].CCCCCCCCCCCC(=O)[O-].CCCCCCCCCCCC(=O)[O-]. The Balaban J connectivity index is -0.000000279. The van der Waals surface area contributed by atoms with Crippen LogP contribution in [-0.2, 0) is 47.2 Å². The summed E-state index contributed by atoms with van der Waals surface area (Å²) in [6.45, 7) is 9.84. The van der Waals surface area contributed by atoms with Crippen LogP contribution < -0.4 is 15.3 Å². The molecule has 0 saturated carbocycles. The van der Waals surface area contributed by atoms with Crippen LogP contribution in [0.1, 0.15) is 213 Å². The molecule has 0 amide bonds. The molecule has 280 valence electrons. The fourth-order valence-corrected chi connectivity index (χ4v) is 4.99. The van der Waals surface area contributed by atoms with Crippen molar-refractivity contribution in [1.82, 2.24) is 0 Å². The average Bonchev–Trinajstić information content (AvgIpc) is 3.06. The van der Waals surface area contributed by atoms with Gasteiger partial charge in [-0.2, -0.15) is 0 Å². The molecule has 8 nitrogen and oxygen atoms in total. The Morgan fingerprint density at radius 2 is 0.625 bits per heavy atom. The standard InChI is InChI=1S/3C12H24O2.C3H4O2.Zr/c3*1-2-3-4-5-6-7-8-9-10-11-12(13)14;1-2-3(4)5;/h3*2-11H2,1H3,(H,13,14);2H,1H2,(H,4,5);/q;;;;+4/p-4. The molecule has 0 heterocycles. The van der Waals surface area contributed by atoms with Crippen LogP contribution in [0.5, 0.6) is 0 Å². The van der Waals surface area contributed by atoms with Crippen molar-refractivity contribution in [3.05, 3.63) is 12.7 Å². The van der Waals surface area contributed by atoms with Gasteiger partial charge in [0.05, 0.1) is 0 Å². The molecule has 0 atom stereocenters. The second kappa shape index (κ2) is 49.9. The molecule has 0 fully saturated rings. The summed E-state index contributed by atoms with van der Waals surface area (Å²) in [7, 11) is 0. The molecule has 0 aromatic carbocycles. The van der Waals surface area contributed by atoms with Crippen molar-refractivity contribution in [3.63, 3.8) is 0 Å². The summed E-state index contributed by atoms with van der Waals surface area (Å²) in [5.41, 5.74) is 0. The van der Waals surface area contributed by atoms with Crippen LogP contribution in [-0.4, -0.2) is 23.9 Å². The number of hydrogen-bond acceptors (Lipinski definition) is 8. The fraction of sp³-hybridized carbons (Fsp3) is 0.846. The third kappa shape index (κ3) is 66.8. The molecule has 0 aliphatic heterocycles.